The van der Waals surface area contributed by atoms with E-state index >= 15 is 0 Å². The fourth-order valence-corrected chi connectivity index (χ4v) is 4.03. The van der Waals surface area contributed by atoms with Crippen LogP contribution in [0.2, 0.25) is 0 Å². The molecule has 0 radical (unpaired) electrons. The number of benzene rings is 1. The number of hydrogen-bond donors (Lipinski definition) is 1. The van der Waals surface area contributed by atoms with Crippen molar-refractivity contribution < 1.29 is 22.7 Å². The molecule has 0 saturated carbocycles. The molecule has 0 aliphatic carbocycles. The highest BCUT2D eigenvalue weighted by Crippen LogP contribution is 2.30. The number of carbonyl (C=O) groups excluding carboxylic acids is 1. The minimum absolute atomic E-state index is 0.00432. The van der Waals surface area contributed by atoms with E-state index in [1.165, 1.54) is 12.1 Å². The zero-order valence-electron chi connectivity index (χ0n) is 18.5. The average Bonchev–Trinajstić information content (AvgIpc) is 2.75. The Morgan fingerprint density at radius 2 is 1.81 bits per heavy atom. The number of halogens is 3. The van der Waals surface area contributed by atoms with Gasteiger partial charge in [-0.3, -0.25) is 14.7 Å². The Labute approximate surface area is 187 Å². The van der Waals surface area contributed by atoms with Crippen molar-refractivity contribution in [2.75, 3.05) is 33.4 Å². The standard InChI is InChI=1S/C24H30F3N3O2/c1-17(16-32-2)29-23(31)15-30-11-9-20(10-12-30)22-8-5-19(14-28-22)13-18-3-6-21(7-4-18)24(25,26)27/h3-8,14,17,20H,9-13,15-16H2,1-2H3,(H,29,31). The summed E-state index contributed by atoms with van der Waals surface area (Å²) in [6.45, 7) is 4.48. The molecule has 1 atom stereocenters. The van der Waals surface area contributed by atoms with E-state index in [1.807, 2.05) is 25.3 Å². The topological polar surface area (TPSA) is 54.5 Å². The Hall–Kier alpha value is -2.45. The summed E-state index contributed by atoms with van der Waals surface area (Å²) in [5, 5.41) is 2.93. The van der Waals surface area contributed by atoms with Crippen LogP contribution in [0, 0.1) is 0 Å². The van der Waals surface area contributed by atoms with Crippen molar-refractivity contribution in [2.45, 2.75) is 44.3 Å². The molecular formula is C24H30F3N3O2. The first kappa shape index (κ1) is 24.2. The summed E-state index contributed by atoms with van der Waals surface area (Å²) < 4.78 is 43.1. The average molecular weight is 450 g/mol. The van der Waals surface area contributed by atoms with Gasteiger partial charge in [0.2, 0.25) is 5.91 Å². The van der Waals surface area contributed by atoms with Gasteiger partial charge in [0.1, 0.15) is 0 Å². The number of alkyl halides is 3. The van der Waals surface area contributed by atoms with Gasteiger partial charge in [-0.25, -0.2) is 0 Å². The van der Waals surface area contributed by atoms with Crippen LogP contribution in [0.1, 0.15) is 48.1 Å². The first-order valence-electron chi connectivity index (χ1n) is 10.9. The van der Waals surface area contributed by atoms with Gasteiger partial charge in [-0.1, -0.05) is 18.2 Å². The number of aromatic nitrogens is 1. The van der Waals surface area contributed by atoms with Crippen molar-refractivity contribution >= 4 is 5.91 Å². The van der Waals surface area contributed by atoms with Crippen molar-refractivity contribution in [2.24, 2.45) is 0 Å². The molecule has 1 saturated heterocycles. The minimum Gasteiger partial charge on any atom is -0.383 e. The minimum atomic E-state index is -4.32. The van der Waals surface area contributed by atoms with E-state index in [0.717, 1.165) is 54.9 Å². The Bertz CT molecular complexity index is 862. The van der Waals surface area contributed by atoms with Crippen molar-refractivity contribution in [1.29, 1.82) is 0 Å². The molecule has 32 heavy (non-hydrogen) atoms. The molecule has 174 valence electrons. The number of methoxy groups -OCH3 is 1. The molecule has 1 aromatic carbocycles. The number of rotatable bonds is 8. The third-order valence-electron chi connectivity index (χ3n) is 5.73. The van der Waals surface area contributed by atoms with Gasteiger partial charge >= 0.3 is 6.18 Å². The summed E-state index contributed by atoms with van der Waals surface area (Å²) >= 11 is 0. The Balaban J connectivity index is 1.47. The van der Waals surface area contributed by atoms with E-state index in [-0.39, 0.29) is 11.9 Å². The predicted molar refractivity (Wildman–Crippen MR) is 116 cm³/mol. The number of piperidine rings is 1. The van der Waals surface area contributed by atoms with Gasteiger partial charge in [0, 0.05) is 31.0 Å². The maximum atomic E-state index is 12.7. The monoisotopic (exact) mass is 449 g/mol. The molecule has 2 aromatic rings. The van der Waals surface area contributed by atoms with Crippen LogP contribution in [0.4, 0.5) is 13.2 Å². The molecule has 1 fully saturated rings. The third-order valence-corrected chi connectivity index (χ3v) is 5.73. The summed E-state index contributed by atoms with van der Waals surface area (Å²) in [6, 6.07) is 9.26. The first-order valence-corrected chi connectivity index (χ1v) is 10.9. The summed E-state index contributed by atoms with van der Waals surface area (Å²) in [6.07, 6.45) is -0.0909. The Morgan fingerprint density at radius 3 is 2.38 bits per heavy atom. The highest BCUT2D eigenvalue weighted by molar-refractivity contribution is 5.78. The lowest BCUT2D eigenvalue weighted by molar-refractivity contribution is -0.137. The largest absolute Gasteiger partial charge is 0.416 e. The molecule has 3 rings (SSSR count). The number of likely N-dealkylation sites (tertiary alicyclic amines) is 1. The van der Waals surface area contributed by atoms with Crippen molar-refractivity contribution in [3.8, 4) is 0 Å². The summed E-state index contributed by atoms with van der Waals surface area (Å²) in [5.41, 5.74) is 2.17. The lowest BCUT2D eigenvalue weighted by Crippen LogP contribution is -2.44. The quantitative estimate of drug-likeness (QED) is 0.662. The van der Waals surface area contributed by atoms with E-state index in [2.05, 4.69) is 15.2 Å². The molecule has 0 bridgehead atoms. The van der Waals surface area contributed by atoms with Crippen LogP contribution in [0.25, 0.3) is 0 Å². The Morgan fingerprint density at radius 1 is 1.16 bits per heavy atom. The molecule has 0 spiro atoms. The molecule has 2 heterocycles. The van der Waals surface area contributed by atoms with Crippen LogP contribution in [-0.2, 0) is 22.1 Å². The van der Waals surface area contributed by atoms with Crippen LogP contribution in [-0.4, -0.2) is 55.2 Å². The van der Waals surface area contributed by atoms with Crippen LogP contribution < -0.4 is 5.32 Å². The molecule has 5 nitrogen and oxygen atoms in total. The maximum Gasteiger partial charge on any atom is 0.416 e. The van der Waals surface area contributed by atoms with Crippen LogP contribution in [0.15, 0.2) is 42.6 Å². The van der Waals surface area contributed by atoms with Crippen molar-refractivity contribution in [3.63, 3.8) is 0 Å². The van der Waals surface area contributed by atoms with Gasteiger partial charge in [-0.05, 0) is 68.6 Å². The van der Waals surface area contributed by atoms with E-state index in [0.29, 0.717) is 25.5 Å². The molecule has 1 amide bonds. The second kappa shape index (κ2) is 10.9. The fourth-order valence-electron chi connectivity index (χ4n) is 4.03. The summed E-state index contributed by atoms with van der Waals surface area (Å²) in [5.74, 6) is 0.362. The summed E-state index contributed by atoms with van der Waals surface area (Å²) in [4.78, 5) is 18.9. The molecule has 1 aromatic heterocycles. The zero-order chi connectivity index (χ0) is 23.1. The number of nitrogens with zero attached hydrogens (tertiary/aromatic N) is 2. The van der Waals surface area contributed by atoms with E-state index < -0.39 is 11.7 Å². The normalized spacial score (nSPS) is 16.7. The fraction of sp³-hybridized carbons (Fsp3) is 0.500. The number of hydrogen-bond acceptors (Lipinski definition) is 4. The highest BCUT2D eigenvalue weighted by Gasteiger charge is 2.30. The van der Waals surface area contributed by atoms with E-state index in [4.69, 9.17) is 4.74 Å². The zero-order valence-corrected chi connectivity index (χ0v) is 18.5. The molecule has 1 N–H and O–H groups in total. The van der Waals surface area contributed by atoms with Crippen LogP contribution >= 0.6 is 0 Å². The number of carbonyl (C=O) groups is 1. The number of nitrogens with one attached hydrogen (secondary N) is 1. The summed E-state index contributed by atoms with van der Waals surface area (Å²) in [7, 11) is 1.61. The van der Waals surface area contributed by atoms with Crippen molar-refractivity contribution in [3.05, 3.63) is 65.0 Å². The van der Waals surface area contributed by atoms with Gasteiger partial charge < -0.3 is 10.1 Å². The molecule has 1 aliphatic rings. The second-order valence-electron chi connectivity index (χ2n) is 8.44. The highest BCUT2D eigenvalue weighted by atomic mass is 19.4. The number of pyridine rings is 1. The van der Waals surface area contributed by atoms with Crippen LogP contribution in [0.3, 0.4) is 0 Å². The van der Waals surface area contributed by atoms with Crippen molar-refractivity contribution in [1.82, 2.24) is 15.2 Å². The van der Waals surface area contributed by atoms with Gasteiger partial charge in [0.25, 0.3) is 0 Å². The lowest BCUT2D eigenvalue weighted by atomic mass is 9.92. The Kier molecular flexibility index (Phi) is 8.26. The van der Waals surface area contributed by atoms with Gasteiger partial charge in [0.05, 0.1) is 18.7 Å². The number of ether oxygens (including phenoxy) is 1. The van der Waals surface area contributed by atoms with Gasteiger partial charge in [-0.15, -0.1) is 0 Å². The molecular weight excluding hydrogens is 419 g/mol. The molecule has 8 heteroatoms. The second-order valence-corrected chi connectivity index (χ2v) is 8.44. The molecule has 1 aliphatic heterocycles. The van der Waals surface area contributed by atoms with E-state index in [1.54, 1.807) is 7.11 Å². The maximum absolute atomic E-state index is 12.7. The molecule has 1 unspecified atom stereocenters. The first-order chi connectivity index (χ1) is 15.2. The van der Waals surface area contributed by atoms with Gasteiger partial charge in [-0.2, -0.15) is 13.2 Å². The van der Waals surface area contributed by atoms with Crippen LogP contribution in [0.5, 0.6) is 0 Å². The third kappa shape index (κ3) is 7.03. The van der Waals surface area contributed by atoms with Gasteiger partial charge in [0.15, 0.2) is 0 Å². The number of amides is 1. The lowest BCUT2D eigenvalue weighted by Gasteiger charge is -2.31. The smallest absolute Gasteiger partial charge is 0.383 e. The SMILES string of the molecule is COCC(C)NC(=O)CN1CCC(c2ccc(Cc3ccc(C(F)(F)F)cc3)cn2)CC1. The van der Waals surface area contributed by atoms with E-state index in [9.17, 15) is 18.0 Å². The predicted octanol–water partition coefficient (Wildman–Crippen LogP) is 4.02.